The van der Waals surface area contributed by atoms with E-state index >= 15 is 0 Å². The quantitative estimate of drug-likeness (QED) is 0.461. The average molecular weight is 494 g/mol. The molecule has 32 heavy (non-hydrogen) atoms. The van der Waals surface area contributed by atoms with Crippen LogP contribution in [-0.2, 0) is 20.0 Å². The van der Waals surface area contributed by atoms with Gasteiger partial charge in [0.1, 0.15) is 4.21 Å². The molecule has 0 aliphatic rings. The van der Waals surface area contributed by atoms with Crippen molar-refractivity contribution < 1.29 is 21.6 Å². The molecule has 3 N–H and O–H groups in total. The molecular formula is C21H23N3O5S3. The predicted octanol–water partition coefficient (Wildman–Crippen LogP) is 3.88. The Hall–Kier alpha value is -2.73. The highest BCUT2D eigenvalue weighted by Crippen LogP contribution is 2.21. The van der Waals surface area contributed by atoms with Gasteiger partial charge in [-0.05, 0) is 74.7 Å². The van der Waals surface area contributed by atoms with Crippen molar-refractivity contribution in [2.24, 2.45) is 0 Å². The van der Waals surface area contributed by atoms with E-state index in [4.69, 9.17) is 0 Å². The summed E-state index contributed by atoms with van der Waals surface area (Å²) in [4.78, 5) is 12.6. The SMILES string of the molecule is CC(C)(C)NS(=O)(=O)c1cccc(NC(=O)c2ccc(NS(=O)(=O)c3cccs3)cc2)c1. The van der Waals surface area contributed by atoms with Crippen LogP contribution in [0, 0.1) is 0 Å². The smallest absolute Gasteiger partial charge is 0.271 e. The lowest BCUT2D eigenvalue weighted by molar-refractivity contribution is 0.102. The number of sulfonamides is 2. The lowest BCUT2D eigenvalue weighted by Gasteiger charge is -2.20. The van der Waals surface area contributed by atoms with Crippen molar-refractivity contribution in [1.82, 2.24) is 4.72 Å². The summed E-state index contributed by atoms with van der Waals surface area (Å²) in [6, 6.07) is 15.0. The third-order valence-electron chi connectivity index (χ3n) is 4.00. The molecule has 0 fully saturated rings. The minimum Gasteiger partial charge on any atom is -0.322 e. The molecule has 0 unspecified atom stereocenters. The van der Waals surface area contributed by atoms with Gasteiger partial charge in [0.05, 0.1) is 4.90 Å². The van der Waals surface area contributed by atoms with Crippen molar-refractivity contribution in [3.63, 3.8) is 0 Å². The van der Waals surface area contributed by atoms with Crippen LogP contribution in [-0.4, -0.2) is 28.3 Å². The van der Waals surface area contributed by atoms with Crippen molar-refractivity contribution in [2.75, 3.05) is 10.0 Å². The number of hydrogen-bond donors (Lipinski definition) is 3. The predicted molar refractivity (Wildman–Crippen MR) is 126 cm³/mol. The molecule has 0 saturated heterocycles. The van der Waals surface area contributed by atoms with E-state index in [-0.39, 0.29) is 14.7 Å². The van der Waals surface area contributed by atoms with Gasteiger partial charge in [-0.1, -0.05) is 12.1 Å². The molecule has 0 aliphatic carbocycles. The van der Waals surface area contributed by atoms with Gasteiger partial charge in [-0.3, -0.25) is 9.52 Å². The van der Waals surface area contributed by atoms with E-state index in [0.29, 0.717) is 11.4 Å². The molecule has 0 saturated carbocycles. The summed E-state index contributed by atoms with van der Waals surface area (Å²) in [5.41, 5.74) is 0.265. The van der Waals surface area contributed by atoms with Crippen molar-refractivity contribution >= 4 is 48.7 Å². The van der Waals surface area contributed by atoms with Crippen molar-refractivity contribution in [2.45, 2.75) is 35.4 Å². The van der Waals surface area contributed by atoms with E-state index < -0.39 is 31.5 Å². The molecule has 3 rings (SSSR count). The molecule has 0 aliphatic heterocycles. The zero-order chi connectivity index (χ0) is 23.6. The maximum Gasteiger partial charge on any atom is 0.271 e. The number of carbonyl (C=O) groups is 1. The fraction of sp³-hybridized carbons (Fsp3) is 0.190. The monoisotopic (exact) mass is 493 g/mol. The van der Waals surface area contributed by atoms with Crippen molar-refractivity contribution in [3.05, 3.63) is 71.6 Å². The summed E-state index contributed by atoms with van der Waals surface area (Å²) in [5.74, 6) is -0.462. The van der Waals surface area contributed by atoms with E-state index in [1.54, 1.807) is 38.3 Å². The molecular weight excluding hydrogens is 470 g/mol. The molecule has 11 heteroatoms. The fourth-order valence-corrected chi connectivity index (χ4v) is 6.23. The molecule has 1 aromatic heterocycles. The van der Waals surface area contributed by atoms with Gasteiger partial charge >= 0.3 is 0 Å². The minimum absolute atomic E-state index is 0.0311. The highest BCUT2D eigenvalue weighted by Gasteiger charge is 2.22. The third kappa shape index (κ3) is 6.16. The second kappa shape index (κ2) is 9.02. The first kappa shape index (κ1) is 23.9. The first-order chi connectivity index (χ1) is 14.9. The zero-order valence-corrected chi connectivity index (χ0v) is 20.1. The summed E-state index contributed by atoms with van der Waals surface area (Å²) in [7, 11) is -7.43. The van der Waals surface area contributed by atoms with Crippen LogP contribution in [0.4, 0.5) is 11.4 Å². The Labute approximate surface area is 191 Å². The Morgan fingerprint density at radius 2 is 1.53 bits per heavy atom. The maximum absolute atomic E-state index is 12.6. The van der Waals surface area contributed by atoms with E-state index in [1.165, 1.54) is 48.5 Å². The number of rotatable bonds is 7. The van der Waals surface area contributed by atoms with Gasteiger partial charge < -0.3 is 5.32 Å². The van der Waals surface area contributed by atoms with Crippen LogP contribution in [0.25, 0.3) is 0 Å². The van der Waals surface area contributed by atoms with Gasteiger partial charge in [-0.2, -0.15) is 0 Å². The van der Waals surface area contributed by atoms with Crippen LogP contribution in [0.15, 0.2) is 75.1 Å². The van der Waals surface area contributed by atoms with Gasteiger partial charge in [-0.25, -0.2) is 21.6 Å². The third-order valence-corrected chi connectivity index (χ3v) is 8.54. The Bertz CT molecular complexity index is 1310. The molecule has 0 bridgehead atoms. The van der Waals surface area contributed by atoms with Crippen LogP contribution in [0.3, 0.4) is 0 Å². The number of benzene rings is 2. The number of nitrogens with one attached hydrogen (secondary N) is 3. The summed E-state index contributed by atoms with van der Waals surface area (Å²) in [6.45, 7) is 5.21. The van der Waals surface area contributed by atoms with Gasteiger partial charge in [0.15, 0.2) is 0 Å². The Morgan fingerprint density at radius 1 is 0.844 bits per heavy atom. The van der Waals surface area contributed by atoms with Gasteiger partial charge in [0.25, 0.3) is 15.9 Å². The summed E-state index contributed by atoms with van der Waals surface area (Å²) in [5, 5.41) is 4.32. The van der Waals surface area contributed by atoms with Crippen molar-refractivity contribution in [1.29, 1.82) is 0 Å². The Balaban J connectivity index is 1.71. The summed E-state index contributed by atoms with van der Waals surface area (Å²) < 4.78 is 54.8. The summed E-state index contributed by atoms with van der Waals surface area (Å²) in [6.07, 6.45) is 0. The van der Waals surface area contributed by atoms with Crippen LogP contribution < -0.4 is 14.8 Å². The second-order valence-corrected chi connectivity index (χ2v) is 12.5. The first-order valence-corrected chi connectivity index (χ1v) is 13.3. The molecule has 1 amide bonds. The Morgan fingerprint density at radius 3 is 2.12 bits per heavy atom. The zero-order valence-electron chi connectivity index (χ0n) is 17.6. The Kier molecular flexibility index (Phi) is 6.75. The molecule has 0 atom stereocenters. The molecule has 3 aromatic rings. The lowest BCUT2D eigenvalue weighted by Crippen LogP contribution is -2.40. The van der Waals surface area contributed by atoms with Crippen LogP contribution in [0.1, 0.15) is 31.1 Å². The average Bonchev–Trinajstić information content (AvgIpc) is 3.22. The molecule has 2 aromatic carbocycles. The largest absolute Gasteiger partial charge is 0.322 e. The van der Waals surface area contributed by atoms with Gasteiger partial charge in [-0.15, -0.1) is 11.3 Å². The second-order valence-electron chi connectivity index (χ2n) is 7.95. The highest BCUT2D eigenvalue weighted by atomic mass is 32.2. The summed E-state index contributed by atoms with van der Waals surface area (Å²) >= 11 is 1.10. The topological polar surface area (TPSA) is 121 Å². The normalized spacial score (nSPS) is 12.3. The first-order valence-electron chi connectivity index (χ1n) is 9.48. The standard InChI is InChI=1S/C21H23N3O5S3/c1-21(2,3)24-31(26,27)18-7-4-6-17(14-18)22-20(25)15-9-11-16(12-10-15)23-32(28,29)19-8-5-13-30-19/h4-14,23-24H,1-3H3,(H,22,25). The number of anilines is 2. The fourth-order valence-electron chi connectivity index (χ4n) is 2.72. The van der Waals surface area contributed by atoms with Crippen LogP contribution in [0.5, 0.6) is 0 Å². The van der Waals surface area contributed by atoms with Crippen LogP contribution in [0.2, 0.25) is 0 Å². The highest BCUT2D eigenvalue weighted by molar-refractivity contribution is 7.94. The van der Waals surface area contributed by atoms with Gasteiger partial charge in [0.2, 0.25) is 10.0 Å². The molecule has 0 radical (unpaired) electrons. The number of hydrogen-bond acceptors (Lipinski definition) is 6. The van der Waals surface area contributed by atoms with Crippen LogP contribution >= 0.6 is 11.3 Å². The van der Waals surface area contributed by atoms with E-state index in [9.17, 15) is 21.6 Å². The molecule has 1 heterocycles. The lowest BCUT2D eigenvalue weighted by atomic mass is 10.1. The number of thiophene rings is 1. The number of amides is 1. The minimum atomic E-state index is -3.75. The number of carbonyl (C=O) groups excluding carboxylic acids is 1. The van der Waals surface area contributed by atoms with E-state index in [0.717, 1.165) is 11.3 Å². The molecule has 170 valence electrons. The van der Waals surface area contributed by atoms with Gasteiger partial charge in [0, 0.05) is 22.5 Å². The molecule has 8 nitrogen and oxygen atoms in total. The molecule has 0 spiro atoms. The van der Waals surface area contributed by atoms with E-state index in [2.05, 4.69) is 14.8 Å². The van der Waals surface area contributed by atoms with E-state index in [1.807, 2.05) is 0 Å². The maximum atomic E-state index is 12.6. The van der Waals surface area contributed by atoms with Crippen molar-refractivity contribution in [3.8, 4) is 0 Å².